The first-order valence-electron chi connectivity index (χ1n) is 7.49. The summed E-state index contributed by atoms with van der Waals surface area (Å²) in [4.78, 5) is 20.6. The molecule has 0 aromatic heterocycles. The molecule has 1 fully saturated rings. The summed E-state index contributed by atoms with van der Waals surface area (Å²) in [6, 6.07) is 3.58. The van der Waals surface area contributed by atoms with Gasteiger partial charge in [0, 0.05) is 33.9 Å². The van der Waals surface area contributed by atoms with Crippen LogP contribution in [-0.4, -0.2) is 31.1 Å². The standard InChI is InChI=1S/C14H19N3O5S/c1-2-23(22)12-5-3-4-10(8-12)15-13-7-6-11(16(18)19)9-14(13)17(20)21/h6-7,9-10,12,15H,2-5,8H2,1H3. The number of nitro benzene ring substituents is 2. The van der Waals surface area contributed by atoms with Gasteiger partial charge in [-0.1, -0.05) is 13.3 Å². The molecule has 126 valence electrons. The molecule has 1 N–H and O–H groups in total. The van der Waals surface area contributed by atoms with Crippen LogP contribution in [0.1, 0.15) is 32.6 Å². The maximum Gasteiger partial charge on any atom is 0.299 e. The predicted molar refractivity (Wildman–Crippen MR) is 88.1 cm³/mol. The molecule has 3 unspecified atom stereocenters. The fourth-order valence-electron chi connectivity index (χ4n) is 2.88. The molecule has 0 spiro atoms. The van der Waals surface area contributed by atoms with Crippen molar-refractivity contribution < 1.29 is 14.1 Å². The highest BCUT2D eigenvalue weighted by atomic mass is 32.2. The van der Waals surface area contributed by atoms with Crippen LogP contribution in [0.25, 0.3) is 0 Å². The van der Waals surface area contributed by atoms with Gasteiger partial charge in [-0.3, -0.25) is 24.4 Å². The number of non-ortho nitro benzene ring substituents is 1. The van der Waals surface area contributed by atoms with Gasteiger partial charge in [-0.15, -0.1) is 0 Å². The van der Waals surface area contributed by atoms with Crippen LogP contribution in [0, 0.1) is 20.2 Å². The number of benzene rings is 1. The molecular formula is C14H19N3O5S. The minimum absolute atomic E-state index is 0.00981. The van der Waals surface area contributed by atoms with E-state index in [9.17, 15) is 24.4 Å². The van der Waals surface area contributed by atoms with Crippen LogP contribution in [0.2, 0.25) is 0 Å². The van der Waals surface area contributed by atoms with Crippen LogP contribution < -0.4 is 5.32 Å². The molecule has 1 aromatic carbocycles. The molecule has 23 heavy (non-hydrogen) atoms. The van der Waals surface area contributed by atoms with Crippen molar-refractivity contribution in [1.82, 2.24) is 0 Å². The molecule has 2 rings (SSSR count). The van der Waals surface area contributed by atoms with Crippen LogP contribution in [0.4, 0.5) is 17.1 Å². The number of nitrogens with one attached hydrogen (secondary N) is 1. The molecule has 8 nitrogen and oxygen atoms in total. The topological polar surface area (TPSA) is 115 Å². The molecule has 3 atom stereocenters. The summed E-state index contributed by atoms with van der Waals surface area (Å²) in [5.41, 5.74) is -0.345. The summed E-state index contributed by atoms with van der Waals surface area (Å²) in [5.74, 6) is 0.606. The number of hydrogen-bond donors (Lipinski definition) is 1. The van der Waals surface area contributed by atoms with E-state index in [1.54, 1.807) is 0 Å². The van der Waals surface area contributed by atoms with Crippen molar-refractivity contribution in [2.75, 3.05) is 11.1 Å². The van der Waals surface area contributed by atoms with Gasteiger partial charge in [0.1, 0.15) is 5.69 Å². The van der Waals surface area contributed by atoms with E-state index >= 15 is 0 Å². The Morgan fingerprint density at radius 2 is 2.00 bits per heavy atom. The monoisotopic (exact) mass is 341 g/mol. The van der Waals surface area contributed by atoms with Crippen molar-refractivity contribution in [2.45, 2.75) is 43.9 Å². The summed E-state index contributed by atoms with van der Waals surface area (Å²) in [6.07, 6.45) is 3.34. The number of nitro groups is 2. The Bertz CT molecular complexity index is 637. The Morgan fingerprint density at radius 3 is 2.61 bits per heavy atom. The van der Waals surface area contributed by atoms with Crippen LogP contribution in [0.5, 0.6) is 0 Å². The number of hydrogen-bond acceptors (Lipinski definition) is 6. The largest absolute Gasteiger partial charge is 0.377 e. The first-order valence-corrected chi connectivity index (χ1v) is 8.87. The molecule has 1 aromatic rings. The zero-order valence-corrected chi connectivity index (χ0v) is 13.6. The third-order valence-corrected chi connectivity index (χ3v) is 5.77. The van der Waals surface area contributed by atoms with Crippen LogP contribution in [0.3, 0.4) is 0 Å². The second-order valence-electron chi connectivity index (χ2n) is 5.51. The van der Waals surface area contributed by atoms with Gasteiger partial charge in [0.15, 0.2) is 0 Å². The molecule has 0 amide bonds. The van der Waals surface area contributed by atoms with Gasteiger partial charge >= 0.3 is 0 Å². The van der Waals surface area contributed by atoms with E-state index < -0.39 is 20.6 Å². The molecule has 0 radical (unpaired) electrons. The van der Waals surface area contributed by atoms with Gasteiger partial charge in [0.2, 0.25) is 0 Å². The predicted octanol–water partition coefficient (Wildman–Crippen LogP) is 2.99. The van der Waals surface area contributed by atoms with Gasteiger partial charge in [-0.05, 0) is 25.3 Å². The first-order chi connectivity index (χ1) is 10.9. The lowest BCUT2D eigenvalue weighted by atomic mass is 9.94. The molecule has 0 heterocycles. The van der Waals surface area contributed by atoms with Crippen molar-refractivity contribution in [2.24, 2.45) is 0 Å². The summed E-state index contributed by atoms with van der Waals surface area (Å²) in [6.45, 7) is 1.88. The van der Waals surface area contributed by atoms with Crippen LogP contribution >= 0.6 is 0 Å². The normalized spacial score (nSPS) is 22.3. The Morgan fingerprint density at radius 1 is 1.26 bits per heavy atom. The smallest absolute Gasteiger partial charge is 0.299 e. The van der Waals surface area contributed by atoms with E-state index in [4.69, 9.17) is 0 Å². The van der Waals surface area contributed by atoms with E-state index in [1.165, 1.54) is 12.1 Å². The Balaban J connectivity index is 2.17. The van der Waals surface area contributed by atoms with Crippen molar-refractivity contribution >= 4 is 27.9 Å². The summed E-state index contributed by atoms with van der Waals surface area (Å²) < 4.78 is 12.0. The van der Waals surface area contributed by atoms with E-state index in [0.29, 0.717) is 12.2 Å². The van der Waals surface area contributed by atoms with Crippen molar-refractivity contribution in [1.29, 1.82) is 0 Å². The highest BCUT2D eigenvalue weighted by Gasteiger charge is 2.27. The molecule has 0 aliphatic heterocycles. The summed E-state index contributed by atoms with van der Waals surface area (Å²) in [7, 11) is -0.879. The second kappa shape index (κ2) is 7.49. The van der Waals surface area contributed by atoms with Gasteiger partial charge in [-0.25, -0.2) is 0 Å². The second-order valence-corrected chi connectivity index (χ2v) is 7.52. The van der Waals surface area contributed by atoms with Crippen LogP contribution in [0.15, 0.2) is 18.2 Å². The van der Waals surface area contributed by atoms with Gasteiger partial charge in [0.25, 0.3) is 11.4 Å². The Hall–Kier alpha value is -2.03. The number of rotatable bonds is 6. The zero-order valence-electron chi connectivity index (χ0n) is 12.8. The van der Waals surface area contributed by atoms with Gasteiger partial charge in [0.05, 0.1) is 15.9 Å². The third-order valence-electron chi connectivity index (χ3n) is 4.03. The molecule has 0 saturated heterocycles. The Kier molecular flexibility index (Phi) is 5.64. The lowest BCUT2D eigenvalue weighted by molar-refractivity contribution is -0.393. The average molecular weight is 341 g/mol. The van der Waals surface area contributed by atoms with Crippen molar-refractivity contribution in [3.63, 3.8) is 0 Å². The van der Waals surface area contributed by atoms with Crippen LogP contribution in [-0.2, 0) is 10.8 Å². The van der Waals surface area contributed by atoms with Crippen molar-refractivity contribution in [3.8, 4) is 0 Å². The van der Waals surface area contributed by atoms with Crippen molar-refractivity contribution in [3.05, 3.63) is 38.4 Å². The molecule has 1 aliphatic carbocycles. The quantitative estimate of drug-likeness (QED) is 0.628. The maximum absolute atomic E-state index is 12.0. The molecule has 1 saturated carbocycles. The minimum Gasteiger partial charge on any atom is -0.377 e. The highest BCUT2D eigenvalue weighted by Crippen LogP contribution is 2.32. The van der Waals surface area contributed by atoms with E-state index in [-0.39, 0.29) is 28.4 Å². The van der Waals surface area contributed by atoms with Gasteiger partial charge in [-0.2, -0.15) is 0 Å². The van der Waals surface area contributed by atoms with E-state index in [1.807, 2.05) is 6.92 Å². The fourth-order valence-corrected chi connectivity index (χ4v) is 4.23. The highest BCUT2D eigenvalue weighted by molar-refractivity contribution is 7.85. The fraction of sp³-hybridized carbons (Fsp3) is 0.571. The SMILES string of the molecule is CCS(=O)C1CCCC(Nc2ccc([N+](=O)[O-])cc2[N+](=O)[O-])C1. The first kappa shape index (κ1) is 17.3. The molecular weight excluding hydrogens is 322 g/mol. The molecule has 0 bridgehead atoms. The zero-order chi connectivity index (χ0) is 17.0. The Labute approximate surface area is 136 Å². The third kappa shape index (κ3) is 4.25. The van der Waals surface area contributed by atoms with Gasteiger partial charge < -0.3 is 5.32 Å². The van der Waals surface area contributed by atoms with E-state index in [2.05, 4.69) is 5.32 Å². The number of anilines is 1. The minimum atomic E-state index is -0.879. The lowest BCUT2D eigenvalue weighted by Gasteiger charge is -2.29. The number of nitrogens with zero attached hydrogens (tertiary/aromatic N) is 2. The summed E-state index contributed by atoms with van der Waals surface area (Å²) in [5, 5.41) is 25.1. The average Bonchev–Trinajstić information content (AvgIpc) is 2.54. The lowest BCUT2D eigenvalue weighted by Crippen LogP contribution is -2.33. The molecule has 1 aliphatic rings. The molecule has 9 heteroatoms. The van der Waals surface area contributed by atoms with E-state index in [0.717, 1.165) is 25.3 Å². The maximum atomic E-state index is 12.0. The summed E-state index contributed by atoms with van der Waals surface area (Å²) >= 11 is 0.